The number of phenolic OH excluding ortho intramolecular Hbond substituents is 1. The molecule has 0 saturated heterocycles. The van der Waals surface area contributed by atoms with Gasteiger partial charge in [0.05, 0.1) is 7.11 Å². The average molecular weight is 358 g/mol. The molecule has 140 valence electrons. The summed E-state index contributed by atoms with van der Waals surface area (Å²) >= 11 is 0. The summed E-state index contributed by atoms with van der Waals surface area (Å²) in [5.41, 5.74) is -0.278. The lowest BCUT2D eigenvalue weighted by atomic mass is 9.48. The molecular formula is C21H26O5. The lowest BCUT2D eigenvalue weighted by Gasteiger charge is -2.56. The molecule has 4 aliphatic carbocycles. The fraction of sp³-hybridized carbons (Fsp3) is 0.619. The predicted octanol–water partition coefficient (Wildman–Crippen LogP) is 3.73. The molecule has 1 N–H and O–H groups in total. The van der Waals surface area contributed by atoms with Gasteiger partial charge in [0, 0.05) is 5.41 Å². The van der Waals surface area contributed by atoms with Crippen LogP contribution in [0.15, 0.2) is 18.2 Å². The Hall–Kier alpha value is -2.04. The van der Waals surface area contributed by atoms with Crippen LogP contribution in [0.1, 0.15) is 55.8 Å². The van der Waals surface area contributed by atoms with Gasteiger partial charge in [-0.3, -0.25) is 4.79 Å². The maximum Gasteiger partial charge on any atom is 0.342 e. The standard InChI is InChI=1S/C21H26O5/c1-12(26-20(24)17-8-16(25-2)3-4-18(17)22)19(23)21-9-13-5-14(10-21)7-15(6-13)11-21/h3-4,8,12-15,22H,5-7,9-11H2,1-2H3. The van der Waals surface area contributed by atoms with Crippen molar-refractivity contribution in [1.82, 2.24) is 0 Å². The summed E-state index contributed by atoms with van der Waals surface area (Å²) in [6.07, 6.45) is 5.83. The zero-order chi connectivity index (χ0) is 18.5. The Kier molecular flexibility index (Phi) is 4.20. The first-order valence-corrected chi connectivity index (χ1v) is 9.52. The van der Waals surface area contributed by atoms with Gasteiger partial charge >= 0.3 is 5.97 Å². The topological polar surface area (TPSA) is 72.8 Å². The number of ether oxygens (including phenoxy) is 2. The van der Waals surface area contributed by atoms with Crippen LogP contribution in [0.4, 0.5) is 0 Å². The van der Waals surface area contributed by atoms with Crippen molar-refractivity contribution in [3.8, 4) is 11.5 Å². The minimum Gasteiger partial charge on any atom is -0.507 e. The zero-order valence-electron chi connectivity index (χ0n) is 15.4. The zero-order valence-corrected chi connectivity index (χ0v) is 15.4. The minimum absolute atomic E-state index is 0.0227. The molecule has 1 aromatic carbocycles. The molecule has 5 rings (SSSR count). The van der Waals surface area contributed by atoms with Gasteiger partial charge < -0.3 is 14.6 Å². The van der Waals surface area contributed by atoms with E-state index in [0.29, 0.717) is 23.5 Å². The summed E-state index contributed by atoms with van der Waals surface area (Å²) in [7, 11) is 1.49. The van der Waals surface area contributed by atoms with E-state index in [1.807, 2.05) is 0 Å². The van der Waals surface area contributed by atoms with Crippen LogP contribution in [0.5, 0.6) is 11.5 Å². The highest BCUT2D eigenvalue weighted by atomic mass is 16.5. The number of carbonyl (C=O) groups is 2. The molecule has 1 unspecified atom stereocenters. The van der Waals surface area contributed by atoms with E-state index < -0.39 is 12.1 Å². The number of rotatable bonds is 5. The van der Waals surface area contributed by atoms with Gasteiger partial charge in [0.25, 0.3) is 0 Å². The van der Waals surface area contributed by atoms with Crippen LogP contribution < -0.4 is 4.74 Å². The van der Waals surface area contributed by atoms with E-state index in [1.54, 1.807) is 13.0 Å². The molecule has 0 aliphatic heterocycles. The van der Waals surface area contributed by atoms with Crippen LogP contribution in [-0.2, 0) is 9.53 Å². The van der Waals surface area contributed by atoms with Crippen molar-refractivity contribution in [3.05, 3.63) is 23.8 Å². The van der Waals surface area contributed by atoms with Crippen molar-refractivity contribution in [3.63, 3.8) is 0 Å². The Balaban J connectivity index is 1.49. The number of Topliss-reactive ketones (excluding diaryl/α,β-unsaturated/α-hetero) is 1. The lowest BCUT2D eigenvalue weighted by molar-refractivity contribution is -0.152. The van der Waals surface area contributed by atoms with Gasteiger partial charge in [0.2, 0.25) is 0 Å². The highest BCUT2D eigenvalue weighted by Gasteiger charge is 2.55. The van der Waals surface area contributed by atoms with Crippen molar-refractivity contribution in [2.24, 2.45) is 23.2 Å². The highest BCUT2D eigenvalue weighted by molar-refractivity contribution is 5.96. The van der Waals surface area contributed by atoms with Crippen LogP contribution in [-0.4, -0.2) is 30.1 Å². The summed E-state index contributed by atoms with van der Waals surface area (Å²) in [6, 6.07) is 4.39. The molecule has 5 heteroatoms. The quantitative estimate of drug-likeness (QED) is 0.812. The Labute approximate surface area is 153 Å². The van der Waals surface area contributed by atoms with Gasteiger partial charge in [-0.1, -0.05) is 0 Å². The first kappa shape index (κ1) is 17.4. The normalized spacial score (nSPS) is 32.9. The Bertz CT molecular complexity index is 703. The number of ketones is 1. The maximum atomic E-state index is 13.2. The number of esters is 1. The molecule has 4 aliphatic rings. The Morgan fingerprint density at radius 1 is 1.12 bits per heavy atom. The molecule has 1 aromatic rings. The van der Waals surface area contributed by atoms with E-state index in [0.717, 1.165) is 19.3 Å². The second kappa shape index (κ2) is 6.29. The number of methoxy groups -OCH3 is 1. The summed E-state index contributed by atoms with van der Waals surface area (Å²) in [5.74, 6) is 1.64. The summed E-state index contributed by atoms with van der Waals surface area (Å²) in [5, 5.41) is 9.94. The van der Waals surface area contributed by atoms with Crippen molar-refractivity contribution in [2.75, 3.05) is 7.11 Å². The van der Waals surface area contributed by atoms with Gasteiger partial charge in [-0.15, -0.1) is 0 Å². The van der Waals surface area contributed by atoms with E-state index in [4.69, 9.17) is 9.47 Å². The second-order valence-electron chi connectivity index (χ2n) is 8.49. The SMILES string of the molecule is COc1ccc(O)c(C(=O)OC(C)C(=O)C23CC4CC(CC(C4)C2)C3)c1. The van der Waals surface area contributed by atoms with Gasteiger partial charge in [0.1, 0.15) is 17.1 Å². The van der Waals surface area contributed by atoms with Crippen LogP contribution in [0.2, 0.25) is 0 Å². The average Bonchev–Trinajstić information content (AvgIpc) is 2.60. The van der Waals surface area contributed by atoms with Crippen LogP contribution in [0, 0.1) is 23.2 Å². The van der Waals surface area contributed by atoms with Crippen LogP contribution in [0.25, 0.3) is 0 Å². The molecule has 4 saturated carbocycles. The van der Waals surface area contributed by atoms with E-state index in [1.165, 1.54) is 38.5 Å². The van der Waals surface area contributed by atoms with E-state index >= 15 is 0 Å². The monoisotopic (exact) mass is 358 g/mol. The summed E-state index contributed by atoms with van der Waals surface area (Å²) in [4.78, 5) is 25.7. The van der Waals surface area contributed by atoms with Crippen molar-refractivity contribution < 1.29 is 24.2 Å². The van der Waals surface area contributed by atoms with Crippen molar-refractivity contribution in [1.29, 1.82) is 0 Å². The lowest BCUT2D eigenvalue weighted by Crippen LogP contribution is -2.52. The minimum atomic E-state index is -0.802. The Morgan fingerprint density at radius 2 is 1.69 bits per heavy atom. The number of carbonyl (C=O) groups excluding carboxylic acids is 2. The molecule has 0 heterocycles. The molecule has 0 amide bonds. The van der Waals surface area contributed by atoms with Gasteiger partial charge in [-0.05, 0) is 81.4 Å². The number of phenols is 1. The fourth-order valence-electron chi connectivity index (χ4n) is 5.93. The fourth-order valence-corrected chi connectivity index (χ4v) is 5.93. The third-order valence-electron chi connectivity index (χ3n) is 6.64. The Morgan fingerprint density at radius 3 is 2.23 bits per heavy atom. The van der Waals surface area contributed by atoms with Crippen LogP contribution in [0.3, 0.4) is 0 Å². The molecule has 1 atom stereocenters. The first-order valence-electron chi connectivity index (χ1n) is 9.52. The molecule has 4 bridgehead atoms. The first-order chi connectivity index (χ1) is 12.4. The van der Waals surface area contributed by atoms with E-state index in [9.17, 15) is 14.7 Å². The van der Waals surface area contributed by atoms with E-state index in [-0.39, 0.29) is 22.5 Å². The maximum absolute atomic E-state index is 13.2. The molecule has 5 nitrogen and oxygen atoms in total. The highest BCUT2D eigenvalue weighted by Crippen LogP contribution is 2.60. The molecular weight excluding hydrogens is 332 g/mol. The van der Waals surface area contributed by atoms with Crippen LogP contribution >= 0.6 is 0 Å². The number of benzene rings is 1. The van der Waals surface area contributed by atoms with Gasteiger partial charge in [0.15, 0.2) is 11.9 Å². The van der Waals surface area contributed by atoms with Crippen molar-refractivity contribution in [2.45, 2.75) is 51.6 Å². The van der Waals surface area contributed by atoms with Crippen molar-refractivity contribution >= 4 is 11.8 Å². The molecule has 0 spiro atoms. The second-order valence-corrected chi connectivity index (χ2v) is 8.49. The third-order valence-corrected chi connectivity index (χ3v) is 6.64. The number of aromatic hydroxyl groups is 1. The molecule has 26 heavy (non-hydrogen) atoms. The largest absolute Gasteiger partial charge is 0.507 e. The third kappa shape index (κ3) is 2.87. The predicted molar refractivity (Wildman–Crippen MR) is 95.1 cm³/mol. The van der Waals surface area contributed by atoms with Gasteiger partial charge in [-0.2, -0.15) is 0 Å². The molecule has 0 radical (unpaired) electrons. The summed E-state index contributed by atoms with van der Waals surface area (Å²) in [6.45, 7) is 1.66. The van der Waals surface area contributed by atoms with E-state index in [2.05, 4.69) is 0 Å². The smallest absolute Gasteiger partial charge is 0.342 e. The molecule has 4 fully saturated rings. The number of hydrogen-bond acceptors (Lipinski definition) is 5. The molecule has 0 aromatic heterocycles. The number of hydrogen-bond donors (Lipinski definition) is 1. The summed E-state index contributed by atoms with van der Waals surface area (Å²) < 4.78 is 10.6. The van der Waals surface area contributed by atoms with Gasteiger partial charge in [-0.25, -0.2) is 4.79 Å².